The number of carbonyl (C=O) groups excluding carboxylic acids is 2. The monoisotopic (exact) mass is 241 g/mol. The van der Waals surface area contributed by atoms with E-state index < -0.39 is 6.04 Å². The Morgan fingerprint density at radius 2 is 2.00 bits per heavy atom. The SMILES string of the molecule is CC(=O)N(C)[C@@H]1CCN(C(=O)[C@@H](N)C(C)C)C1. The van der Waals surface area contributed by atoms with E-state index in [2.05, 4.69) is 0 Å². The van der Waals surface area contributed by atoms with Crippen LogP contribution in [-0.4, -0.2) is 53.8 Å². The highest BCUT2D eigenvalue weighted by molar-refractivity contribution is 5.82. The van der Waals surface area contributed by atoms with Crippen LogP contribution in [0.4, 0.5) is 0 Å². The van der Waals surface area contributed by atoms with E-state index in [1.54, 1.807) is 23.8 Å². The lowest BCUT2D eigenvalue weighted by molar-refractivity contribution is -0.134. The summed E-state index contributed by atoms with van der Waals surface area (Å²) in [5.74, 6) is 0.184. The molecule has 0 aliphatic carbocycles. The topological polar surface area (TPSA) is 66.6 Å². The first-order valence-corrected chi connectivity index (χ1v) is 6.12. The number of hydrogen-bond donors (Lipinski definition) is 1. The average Bonchev–Trinajstić information content (AvgIpc) is 2.74. The molecule has 2 amide bonds. The van der Waals surface area contributed by atoms with Crippen molar-refractivity contribution < 1.29 is 9.59 Å². The Balaban J connectivity index is 2.56. The van der Waals surface area contributed by atoms with Crippen LogP contribution < -0.4 is 5.73 Å². The summed E-state index contributed by atoms with van der Waals surface area (Å²) in [6.45, 7) is 6.73. The average molecular weight is 241 g/mol. The molecule has 1 aliphatic rings. The smallest absolute Gasteiger partial charge is 0.239 e. The molecular formula is C12H23N3O2. The predicted molar refractivity (Wildman–Crippen MR) is 66.2 cm³/mol. The van der Waals surface area contributed by atoms with E-state index in [4.69, 9.17) is 5.73 Å². The summed E-state index contributed by atoms with van der Waals surface area (Å²) in [7, 11) is 1.78. The molecule has 0 aromatic heterocycles. The zero-order chi connectivity index (χ0) is 13.2. The van der Waals surface area contributed by atoms with Gasteiger partial charge in [0.15, 0.2) is 0 Å². The summed E-state index contributed by atoms with van der Waals surface area (Å²) in [6, 6.07) is -0.299. The molecule has 5 heteroatoms. The van der Waals surface area contributed by atoms with E-state index in [1.807, 2.05) is 13.8 Å². The normalized spacial score (nSPS) is 21.8. The number of hydrogen-bond acceptors (Lipinski definition) is 3. The predicted octanol–water partition coefficient (Wildman–Crippen LogP) is 0.0489. The lowest BCUT2D eigenvalue weighted by Crippen LogP contribution is -2.47. The van der Waals surface area contributed by atoms with Crippen LogP contribution in [0.15, 0.2) is 0 Å². The molecule has 1 heterocycles. The van der Waals surface area contributed by atoms with Gasteiger partial charge in [0.25, 0.3) is 0 Å². The minimum atomic E-state index is -0.434. The highest BCUT2D eigenvalue weighted by atomic mass is 16.2. The molecule has 98 valence electrons. The third-order valence-electron chi connectivity index (χ3n) is 3.52. The number of likely N-dealkylation sites (N-methyl/N-ethyl adjacent to an activating group) is 1. The van der Waals surface area contributed by atoms with Crippen molar-refractivity contribution >= 4 is 11.8 Å². The van der Waals surface area contributed by atoms with Gasteiger partial charge in [-0.05, 0) is 12.3 Å². The van der Waals surface area contributed by atoms with Crippen molar-refractivity contribution in [2.75, 3.05) is 20.1 Å². The summed E-state index contributed by atoms with van der Waals surface area (Å²) in [6.07, 6.45) is 0.840. The Bertz CT molecular complexity index is 304. The van der Waals surface area contributed by atoms with Gasteiger partial charge in [0.1, 0.15) is 0 Å². The summed E-state index contributed by atoms with van der Waals surface area (Å²) in [5.41, 5.74) is 5.85. The Morgan fingerprint density at radius 3 is 2.47 bits per heavy atom. The van der Waals surface area contributed by atoms with Gasteiger partial charge in [-0.3, -0.25) is 9.59 Å². The molecule has 1 aliphatic heterocycles. The molecule has 2 N–H and O–H groups in total. The molecule has 0 aromatic carbocycles. The number of amides is 2. The molecule has 0 spiro atoms. The van der Waals surface area contributed by atoms with E-state index in [0.29, 0.717) is 13.1 Å². The van der Waals surface area contributed by atoms with Crippen LogP contribution in [0.3, 0.4) is 0 Å². The number of likely N-dealkylation sites (tertiary alicyclic amines) is 1. The van der Waals surface area contributed by atoms with Gasteiger partial charge in [0, 0.05) is 27.1 Å². The van der Waals surface area contributed by atoms with Crippen LogP contribution in [0.2, 0.25) is 0 Å². The van der Waals surface area contributed by atoms with Crippen molar-refractivity contribution in [3.63, 3.8) is 0 Å². The molecule has 2 atom stereocenters. The molecule has 1 rings (SSSR count). The van der Waals surface area contributed by atoms with Gasteiger partial charge in [0.2, 0.25) is 11.8 Å². The first-order chi connectivity index (χ1) is 7.84. The fourth-order valence-electron chi connectivity index (χ4n) is 2.01. The summed E-state index contributed by atoms with van der Waals surface area (Å²) >= 11 is 0. The fraction of sp³-hybridized carbons (Fsp3) is 0.833. The summed E-state index contributed by atoms with van der Waals surface area (Å²) in [5, 5.41) is 0. The van der Waals surface area contributed by atoms with Gasteiger partial charge >= 0.3 is 0 Å². The summed E-state index contributed by atoms with van der Waals surface area (Å²) in [4.78, 5) is 26.7. The van der Waals surface area contributed by atoms with Crippen LogP contribution >= 0.6 is 0 Å². The van der Waals surface area contributed by atoms with E-state index in [0.717, 1.165) is 6.42 Å². The van der Waals surface area contributed by atoms with Crippen LogP contribution in [0.25, 0.3) is 0 Å². The number of nitrogens with zero attached hydrogens (tertiary/aromatic N) is 2. The minimum absolute atomic E-state index is 0.000507. The van der Waals surface area contributed by atoms with Crippen LogP contribution in [0.5, 0.6) is 0 Å². The quantitative estimate of drug-likeness (QED) is 0.759. The van der Waals surface area contributed by atoms with Crippen molar-refractivity contribution in [2.45, 2.75) is 39.3 Å². The fourth-order valence-corrected chi connectivity index (χ4v) is 2.01. The second-order valence-electron chi connectivity index (χ2n) is 5.13. The molecular weight excluding hydrogens is 218 g/mol. The van der Waals surface area contributed by atoms with Crippen LogP contribution in [0.1, 0.15) is 27.2 Å². The maximum Gasteiger partial charge on any atom is 0.239 e. The molecule has 17 heavy (non-hydrogen) atoms. The third-order valence-corrected chi connectivity index (χ3v) is 3.52. The Kier molecular flexibility index (Phi) is 4.51. The number of carbonyl (C=O) groups is 2. The zero-order valence-electron chi connectivity index (χ0n) is 11.1. The van der Waals surface area contributed by atoms with Gasteiger partial charge in [-0.25, -0.2) is 0 Å². The first kappa shape index (κ1) is 14.0. The highest BCUT2D eigenvalue weighted by Gasteiger charge is 2.32. The van der Waals surface area contributed by atoms with Crippen LogP contribution in [0, 0.1) is 5.92 Å². The molecule has 0 bridgehead atoms. The second-order valence-corrected chi connectivity index (χ2v) is 5.13. The Morgan fingerprint density at radius 1 is 1.41 bits per heavy atom. The molecule has 1 fully saturated rings. The van der Waals surface area contributed by atoms with Gasteiger partial charge in [0.05, 0.1) is 12.1 Å². The van der Waals surface area contributed by atoms with Gasteiger partial charge in [-0.1, -0.05) is 13.8 Å². The minimum Gasteiger partial charge on any atom is -0.341 e. The van der Waals surface area contributed by atoms with Crippen LogP contribution in [-0.2, 0) is 9.59 Å². The maximum absolute atomic E-state index is 12.0. The Hall–Kier alpha value is -1.10. The molecule has 0 saturated carbocycles. The van der Waals surface area contributed by atoms with E-state index in [1.165, 1.54) is 0 Å². The number of nitrogens with two attached hydrogens (primary N) is 1. The van der Waals surface area contributed by atoms with Crippen molar-refractivity contribution in [3.05, 3.63) is 0 Å². The standard InChI is InChI=1S/C12H23N3O2/c1-8(2)11(13)12(17)15-6-5-10(7-15)14(4)9(3)16/h8,10-11H,5-7,13H2,1-4H3/t10-,11+/m1/s1. The van der Waals surface area contributed by atoms with Gasteiger partial charge in [-0.2, -0.15) is 0 Å². The molecule has 0 radical (unpaired) electrons. The maximum atomic E-state index is 12.0. The van der Waals surface area contributed by atoms with Crippen molar-refractivity contribution in [3.8, 4) is 0 Å². The van der Waals surface area contributed by atoms with Gasteiger partial charge in [-0.15, -0.1) is 0 Å². The summed E-state index contributed by atoms with van der Waals surface area (Å²) < 4.78 is 0. The third kappa shape index (κ3) is 3.19. The zero-order valence-corrected chi connectivity index (χ0v) is 11.1. The molecule has 0 aromatic rings. The molecule has 0 unspecified atom stereocenters. The largest absolute Gasteiger partial charge is 0.341 e. The van der Waals surface area contributed by atoms with Crippen molar-refractivity contribution in [2.24, 2.45) is 11.7 Å². The lowest BCUT2D eigenvalue weighted by atomic mass is 10.0. The van der Waals surface area contributed by atoms with E-state index >= 15 is 0 Å². The number of rotatable bonds is 3. The first-order valence-electron chi connectivity index (χ1n) is 6.12. The van der Waals surface area contributed by atoms with Gasteiger partial charge < -0.3 is 15.5 Å². The molecule has 5 nitrogen and oxygen atoms in total. The second kappa shape index (κ2) is 5.49. The van der Waals surface area contributed by atoms with Crippen molar-refractivity contribution in [1.82, 2.24) is 9.80 Å². The lowest BCUT2D eigenvalue weighted by Gasteiger charge is -2.25. The van der Waals surface area contributed by atoms with E-state index in [-0.39, 0.29) is 23.8 Å². The van der Waals surface area contributed by atoms with Crippen molar-refractivity contribution in [1.29, 1.82) is 0 Å². The van der Waals surface area contributed by atoms with E-state index in [9.17, 15) is 9.59 Å². The molecule has 1 saturated heterocycles. The Labute approximate surface area is 103 Å². The highest BCUT2D eigenvalue weighted by Crippen LogP contribution is 2.16.